The van der Waals surface area contributed by atoms with Gasteiger partial charge >= 0.3 is 5.63 Å². The van der Waals surface area contributed by atoms with Crippen LogP contribution < -0.4 is 10.9 Å². The number of benzene rings is 2. The topological polar surface area (TPSA) is 45.5 Å². The molecule has 4 heteroatoms. The van der Waals surface area contributed by atoms with Gasteiger partial charge in [0.05, 0.1) is 5.69 Å². The molecule has 1 aromatic heterocycles. The van der Waals surface area contributed by atoms with Crippen LogP contribution in [0.15, 0.2) is 69.9 Å². The van der Waals surface area contributed by atoms with Crippen LogP contribution in [0.1, 0.15) is 24.0 Å². The second-order valence-electron chi connectivity index (χ2n) is 7.51. The third-order valence-corrected chi connectivity index (χ3v) is 5.32. The monoisotopic (exact) mass is 374 g/mol. The van der Waals surface area contributed by atoms with Gasteiger partial charge < -0.3 is 9.73 Å². The summed E-state index contributed by atoms with van der Waals surface area (Å²) < 4.78 is 5.33. The number of fused-ring (bicyclic) bond motifs is 1. The zero-order valence-electron chi connectivity index (χ0n) is 16.2. The summed E-state index contributed by atoms with van der Waals surface area (Å²) >= 11 is 0. The van der Waals surface area contributed by atoms with Crippen LogP contribution in [-0.2, 0) is 0 Å². The van der Waals surface area contributed by atoms with Gasteiger partial charge in [-0.3, -0.25) is 4.90 Å². The summed E-state index contributed by atoms with van der Waals surface area (Å²) in [5, 5.41) is 4.57. The number of rotatable bonds is 5. The second-order valence-corrected chi connectivity index (χ2v) is 7.51. The predicted molar refractivity (Wildman–Crippen MR) is 116 cm³/mol. The van der Waals surface area contributed by atoms with Gasteiger partial charge in [-0.2, -0.15) is 0 Å². The molecule has 0 atom stereocenters. The van der Waals surface area contributed by atoms with Crippen LogP contribution in [0.2, 0.25) is 0 Å². The molecule has 144 valence electrons. The Labute approximate surface area is 165 Å². The Morgan fingerprint density at radius 2 is 1.89 bits per heavy atom. The average Bonchev–Trinajstić information content (AvgIpc) is 2.71. The van der Waals surface area contributed by atoms with Crippen LogP contribution >= 0.6 is 0 Å². The van der Waals surface area contributed by atoms with Crippen molar-refractivity contribution in [1.82, 2.24) is 4.90 Å². The van der Waals surface area contributed by atoms with Crippen molar-refractivity contribution in [2.45, 2.75) is 25.8 Å². The standard InChI is InChI=1S/C24H26N2O2/c1-18-9-10-23-21(16-18)22(17-24(27)28-23)25-20-11-14-26(15-12-20)13-5-8-19-6-3-2-4-7-19/h2-10,16-17,20,25H,11-15H2,1H3. The number of hydrogen-bond acceptors (Lipinski definition) is 4. The Bertz CT molecular complexity index is 1020. The lowest BCUT2D eigenvalue weighted by atomic mass is 10.0. The van der Waals surface area contributed by atoms with E-state index in [1.54, 1.807) is 6.07 Å². The molecule has 2 heterocycles. The number of nitrogens with zero attached hydrogens (tertiary/aromatic N) is 1. The van der Waals surface area contributed by atoms with Gasteiger partial charge in [-0.05, 0) is 37.5 Å². The summed E-state index contributed by atoms with van der Waals surface area (Å²) in [4.78, 5) is 14.4. The molecule has 1 aliphatic rings. The third kappa shape index (κ3) is 4.52. The summed E-state index contributed by atoms with van der Waals surface area (Å²) in [5.41, 5.74) is 3.62. The summed E-state index contributed by atoms with van der Waals surface area (Å²) in [6, 6.07) is 18.3. The van der Waals surface area contributed by atoms with Crippen molar-refractivity contribution in [2.75, 3.05) is 25.0 Å². The van der Waals surface area contributed by atoms with E-state index in [1.807, 2.05) is 18.2 Å². The van der Waals surface area contributed by atoms with Gasteiger partial charge in [0.25, 0.3) is 0 Å². The minimum absolute atomic E-state index is 0.303. The largest absolute Gasteiger partial charge is 0.423 e. The molecule has 1 N–H and O–H groups in total. The van der Waals surface area contributed by atoms with Crippen molar-refractivity contribution in [3.8, 4) is 0 Å². The van der Waals surface area contributed by atoms with Gasteiger partial charge in [0.15, 0.2) is 0 Å². The normalized spacial score (nSPS) is 16.0. The molecule has 0 spiro atoms. The van der Waals surface area contributed by atoms with Crippen LogP contribution in [0.5, 0.6) is 0 Å². The number of aryl methyl sites for hydroxylation is 1. The Kier molecular flexibility index (Phi) is 5.58. The van der Waals surface area contributed by atoms with Crippen molar-refractivity contribution in [3.63, 3.8) is 0 Å². The molecule has 3 aromatic rings. The lowest BCUT2D eigenvalue weighted by molar-refractivity contribution is 0.240. The van der Waals surface area contributed by atoms with E-state index in [0.29, 0.717) is 11.6 Å². The fraction of sp³-hybridized carbons (Fsp3) is 0.292. The molecule has 0 radical (unpaired) electrons. The summed E-state index contributed by atoms with van der Waals surface area (Å²) in [5.74, 6) is 0. The highest BCUT2D eigenvalue weighted by atomic mass is 16.4. The highest BCUT2D eigenvalue weighted by molar-refractivity contribution is 5.90. The molecule has 0 saturated carbocycles. The van der Waals surface area contributed by atoms with E-state index in [-0.39, 0.29) is 5.63 Å². The van der Waals surface area contributed by atoms with E-state index >= 15 is 0 Å². The number of piperidine rings is 1. The van der Waals surface area contributed by atoms with Gasteiger partial charge in [-0.25, -0.2) is 4.79 Å². The molecule has 1 saturated heterocycles. The molecule has 1 fully saturated rings. The van der Waals surface area contributed by atoms with Crippen molar-refractivity contribution in [3.05, 3.63) is 82.2 Å². The first kappa shape index (κ1) is 18.5. The Morgan fingerprint density at radius 1 is 1.11 bits per heavy atom. The van der Waals surface area contributed by atoms with Gasteiger partial charge in [0, 0.05) is 37.1 Å². The zero-order valence-corrected chi connectivity index (χ0v) is 16.2. The number of anilines is 1. The molecule has 0 bridgehead atoms. The average molecular weight is 374 g/mol. The first-order valence-electron chi connectivity index (χ1n) is 9.92. The summed E-state index contributed by atoms with van der Waals surface area (Å²) in [6.45, 7) is 5.12. The number of nitrogens with one attached hydrogen (secondary N) is 1. The second kappa shape index (κ2) is 8.44. The predicted octanol–water partition coefficient (Wildman–Crippen LogP) is 4.69. The number of hydrogen-bond donors (Lipinski definition) is 1. The van der Waals surface area contributed by atoms with E-state index in [1.165, 1.54) is 5.56 Å². The molecule has 4 nitrogen and oxygen atoms in total. The van der Waals surface area contributed by atoms with Gasteiger partial charge in [-0.15, -0.1) is 0 Å². The highest BCUT2D eigenvalue weighted by Gasteiger charge is 2.19. The minimum Gasteiger partial charge on any atom is -0.423 e. The third-order valence-electron chi connectivity index (χ3n) is 5.32. The van der Waals surface area contributed by atoms with Crippen LogP contribution in [0.4, 0.5) is 5.69 Å². The van der Waals surface area contributed by atoms with Gasteiger partial charge in [-0.1, -0.05) is 54.1 Å². The molecular formula is C24H26N2O2. The van der Waals surface area contributed by atoms with E-state index in [9.17, 15) is 4.79 Å². The smallest absolute Gasteiger partial charge is 0.338 e. The van der Waals surface area contributed by atoms with Crippen LogP contribution in [0, 0.1) is 6.92 Å². The molecule has 0 aliphatic carbocycles. The zero-order chi connectivity index (χ0) is 19.3. The van der Waals surface area contributed by atoms with Crippen LogP contribution in [0.3, 0.4) is 0 Å². The van der Waals surface area contributed by atoms with Crippen LogP contribution in [0.25, 0.3) is 17.0 Å². The molecule has 0 unspecified atom stereocenters. The Balaban J connectivity index is 1.36. The maximum Gasteiger partial charge on any atom is 0.338 e. The molecular weight excluding hydrogens is 348 g/mol. The maximum atomic E-state index is 11.9. The molecule has 2 aromatic carbocycles. The van der Waals surface area contributed by atoms with Crippen molar-refractivity contribution in [2.24, 2.45) is 0 Å². The quantitative estimate of drug-likeness (QED) is 0.658. The van der Waals surface area contributed by atoms with E-state index in [0.717, 1.165) is 49.1 Å². The molecule has 28 heavy (non-hydrogen) atoms. The SMILES string of the molecule is Cc1ccc2oc(=O)cc(NC3CCN(CC=Cc4ccccc4)CC3)c2c1. The maximum absolute atomic E-state index is 11.9. The molecule has 0 amide bonds. The van der Waals surface area contributed by atoms with E-state index in [2.05, 4.69) is 59.6 Å². The fourth-order valence-electron chi connectivity index (χ4n) is 3.78. The van der Waals surface area contributed by atoms with Crippen LogP contribution in [-0.4, -0.2) is 30.6 Å². The van der Waals surface area contributed by atoms with Gasteiger partial charge in [0.2, 0.25) is 0 Å². The Morgan fingerprint density at radius 3 is 2.68 bits per heavy atom. The summed E-state index contributed by atoms with van der Waals surface area (Å²) in [7, 11) is 0. The highest BCUT2D eigenvalue weighted by Crippen LogP contribution is 2.25. The lowest BCUT2D eigenvalue weighted by Crippen LogP contribution is -2.39. The van der Waals surface area contributed by atoms with Crippen molar-refractivity contribution < 1.29 is 4.42 Å². The minimum atomic E-state index is -0.303. The van der Waals surface area contributed by atoms with Gasteiger partial charge in [0.1, 0.15) is 5.58 Å². The summed E-state index contributed by atoms with van der Waals surface area (Å²) in [6.07, 6.45) is 6.54. The Hall–Kier alpha value is -2.85. The van der Waals surface area contributed by atoms with E-state index in [4.69, 9.17) is 4.42 Å². The lowest BCUT2D eigenvalue weighted by Gasteiger charge is -2.32. The first-order valence-corrected chi connectivity index (χ1v) is 9.92. The van der Waals surface area contributed by atoms with E-state index < -0.39 is 0 Å². The number of likely N-dealkylation sites (tertiary alicyclic amines) is 1. The molecule has 1 aliphatic heterocycles. The van der Waals surface area contributed by atoms with Crippen molar-refractivity contribution in [1.29, 1.82) is 0 Å². The molecule has 4 rings (SSSR count). The van der Waals surface area contributed by atoms with Crippen molar-refractivity contribution >= 4 is 22.7 Å². The fourth-order valence-corrected chi connectivity index (χ4v) is 3.78. The first-order chi connectivity index (χ1) is 13.7.